The molecule has 1 aliphatic heterocycles. The van der Waals surface area contributed by atoms with Crippen molar-refractivity contribution in [3.63, 3.8) is 0 Å². The van der Waals surface area contributed by atoms with Crippen LogP contribution < -0.4 is 20.3 Å². The maximum absolute atomic E-state index is 12.3. The van der Waals surface area contributed by atoms with Crippen LogP contribution in [0.4, 0.5) is 11.4 Å². The van der Waals surface area contributed by atoms with Gasteiger partial charge >= 0.3 is 0 Å². The van der Waals surface area contributed by atoms with Crippen LogP contribution in [-0.2, 0) is 9.59 Å². The van der Waals surface area contributed by atoms with Gasteiger partial charge in [-0.3, -0.25) is 9.59 Å². The monoisotopic (exact) mass is 381 g/mol. The van der Waals surface area contributed by atoms with Gasteiger partial charge in [0.25, 0.3) is 0 Å². The second-order valence-electron chi connectivity index (χ2n) is 7.02. The number of carbonyl (C=O) groups excluding carboxylic acids is 2. The number of hydrogen-bond donors (Lipinski definition) is 2. The highest BCUT2D eigenvalue weighted by atomic mass is 16.5. The predicted octanol–water partition coefficient (Wildman–Crippen LogP) is 3.12. The number of aryl methyl sites for hydroxylation is 1. The summed E-state index contributed by atoms with van der Waals surface area (Å²) in [5, 5.41) is 6.07. The Balaban J connectivity index is 1.45. The maximum Gasteiger partial charge on any atom is 0.242 e. The highest BCUT2D eigenvalue weighted by Crippen LogP contribution is 2.24. The van der Waals surface area contributed by atoms with Crippen molar-refractivity contribution in [2.75, 3.05) is 29.9 Å². The Labute approximate surface area is 165 Å². The topological polar surface area (TPSA) is 70.7 Å². The summed E-state index contributed by atoms with van der Waals surface area (Å²) in [6.45, 7) is 5.41. The minimum absolute atomic E-state index is 0.101. The van der Waals surface area contributed by atoms with Gasteiger partial charge in [0.1, 0.15) is 18.4 Å². The maximum atomic E-state index is 12.3. The quantitative estimate of drug-likeness (QED) is 0.690. The lowest BCUT2D eigenvalue weighted by atomic mass is 10.2. The van der Waals surface area contributed by atoms with Gasteiger partial charge < -0.3 is 20.3 Å². The molecule has 1 fully saturated rings. The molecule has 148 valence electrons. The van der Waals surface area contributed by atoms with Gasteiger partial charge in [0, 0.05) is 24.3 Å². The van der Waals surface area contributed by atoms with E-state index in [-0.39, 0.29) is 11.8 Å². The van der Waals surface area contributed by atoms with Crippen LogP contribution in [0.3, 0.4) is 0 Å². The minimum atomic E-state index is -0.400. The molecule has 3 rings (SSSR count). The molecule has 1 heterocycles. The van der Waals surface area contributed by atoms with Crippen molar-refractivity contribution in [3.05, 3.63) is 54.1 Å². The smallest absolute Gasteiger partial charge is 0.242 e. The lowest BCUT2D eigenvalue weighted by molar-refractivity contribution is -0.121. The van der Waals surface area contributed by atoms with Crippen molar-refractivity contribution in [2.45, 2.75) is 32.7 Å². The highest BCUT2D eigenvalue weighted by Gasteiger charge is 2.22. The highest BCUT2D eigenvalue weighted by molar-refractivity contribution is 5.95. The van der Waals surface area contributed by atoms with Crippen LogP contribution in [0, 0.1) is 6.92 Å². The molecular formula is C22H27N3O3. The summed E-state index contributed by atoms with van der Waals surface area (Å²) in [5.41, 5.74) is 2.82. The lowest BCUT2D eigenvalue weighted by Gasteiger charge is -2.19. The number of carbonyl (C=O) groups is 2. The van der Waals surface area contributed by atoms with Gasteiger partial charge in [0.2, 0.25) is 11.8 Å². The molecular weight excluding hydrogens is 354 g/mol. The van der Waals surface area contributed by atoms with E-state index < -0.39 is 6.04 Å². The van der Waals surface area contributed by atoms with Crippen LogP contribution >= 0.6 is 0 Å². The van der Waals surface area contributed by atoms with Crippen molar-refractivity contribution in [3.8, 4) is 5.75 Å². The Kier molecular flexibility index (Phi) is 6.53. The summed E-state index contributed by atoms with van der Waals surface area (Å²) < 4.78 is 5.65. The Morgan fingerprint density at radius 2 is 2.04 bits per heavy atom. The second kappa shape index (κ2) is 9.26. The van der Waals surface area contributed by atoms with E-state index in [1.807, 2.05) is 62.4 Å². The van der Waals surface area contributed by atoms with E-state index in [1.165, 1.54) is 0 Å². The molecule has 0 spiro atoms. The molecule has 0 aliphatic carbocycles. The molecule has 2 aromatic rings. The zero-order valence-corrected chi connectivity index (χ0v) is 16.4. The van der Waals surface area contributed by atoms with Crippen molar-refractivity contribution in [2.24, 2.45) is 0 Å². The van der Waals surface area contributed by atoms with Gasteiger partial charge in [0.15, 0.2) is 0 Å². The number of benzene rings is 2. The van der Waals surface area contributed by atoms with Gasteiger partial charge in [-0.1, -0.05) is 18.2 Å². The number of hydrogen-bond acceptors (Lipinski definition) is 4. The summed E-state index contributed by atoms with van der Waals surface area (Å²) in [6, 6.07) is 15.0. The summed E-state index contributed by atoms with van der Waals surface area (Å²) in [7, 11) is 0. The molecule has 2 amide bonds. The molecule has 6 nitrogen and oxygen atoms in total. The third kappa shape index (κ3) is 5.25. The predicted molar refractivity (Wildman–Crippen MR) is 111 cm³/mol. The summed E-state index contributed by atoms with van der Waals surface area (Å²) >= 11 is 0. The zero-order chi connectivity index (χ0) is 19.9. The molecule has 1 unspecified atom stereocenters. The molecule has 0 radical (unpaired) electrons. The van der Waals surface area contributed by atoms with Crippen molar-refractivity contribution < 1.29 is 14.3 Å². The first-order valence-corrected chi connectivity index (χ1v) is 9.67. The second-order valence-corrected chi connectivity index (χ2v) is 7.02. The molecule has 1 saturated heterocycles. The molecule has 0 bridgehead atoms. The average molecular weight is 381 g/mol. The summed E-state index contributed by atoms with van der Waals surface area (Å²) in [5.74, 6) is 0.848. The zero-order valence-electron chi connectivity index (χ0n) is 16.4. The first-order chi connectivity index (χ1) is 13.5. The number of nitrogens with one attached hydrogen (secondary N) is 2. The van der Waals surface area contributed by atoms with E-state index in [9.17, 15) is 9.59 Å². The Morgan fingerprint density at radius 3 is 2.79 bits per heavy atom. The van der Waals surface area contributed by atoms with Crippen LogP contribution in [0.1, 0.15) is 25.3 Å². The van der Waals surface area contributed by atoms with Gasteiger partial charge in [-0.25, -0.2) is 0 Å². The van der Waals surface area contributed by atoms with E-state index in [4.69, 9.17) is 4.74 Å². The first-order valence-electron chi connectivity index (χ1n) is 9.67. The van der Waals surface area contributed by atoms with Crippen molar-refractivity contribution >= 4 is 23.2 Å². The number of rotatable bonds is 8. The van der Waals surface area contributed by atoms with Crippen LogP contribution in [-0.4, -0.2) is 37.6 Å². The lowest BCUT2D eigenvalue weighted by Crippen LogP contribution is -2.39. The molecule has 28 heavy (non-hydrogen) atoms. The van der Waals surface area contributed by atoms with Crippen molar-refractivity contribution in [1.82, 2.24) is 5.32 Å². The van der Waals surface area contributed by atoms with E-state index in [2.05, 4.69) is 10.6 Å². The number of amides is 2. The fourth-order valence-electron chi connectivity index (χ4n) is 3.20. The number of nitrogens with zero attached hydrogens (tertiary/aromatic N) is 1. The largest absolute Gasteiger partial charge is 0.492 e. The van der Waals surface area contributed by atoms with Crippen LogP contribution in [0.5, 0.6) is 5.75 Å². The molecule has 2 aromatic carbocycles. The third-order valence-corrected chi connectivity index (χ3v) is 4.67. The molecule has 2 N–H and O–H groups in total. The Bertz CT molecular complexity index is 837. The molecule has 6 heteroatoms. The van der Waals surface area contributed by atoms with Gasteiger partial charge in [-0.15, -0.1) is 0 Å². The minimum Gasteiger partial charge on any atom is -0.492 e. The van der Waals surface area contributed by atoms with E-state index >= 15 is 0 Å². The first kappa shape index (κ1) is 19.7. The van der Waals surface area contributed by atoms with E-state index in [1.54, 1.807) is 4.90 Å². The van der Waals surface area contributed by atoms with Crippen LogP contribution in [0.25, 0.3) is 0 Å². The fraction of sp³-hybridized carbons (Fsp3) is 0.364. The Morgan fingerprint density at radius 1 is 1.21 bits per heavy atom. The van der Waals surface area contributed by atoms with Crippen LogP contribution in [0.15, 0.2) is 48.5 Å². The van der Waals surface area contributed by atoms with Gasteiger partial charge in [0.05, 0.1) is 6.54 Å². The number of ether oxygens (including phenoxy) is 1. The summed E-state index contributed by atoms with van der Waals surface area (Å²) in [4.78, 5) is 26.0. The number of anilines is 2. The van der Waals surface area contributed by atoms with Gasteiger partial charge in [-0.2, -0.15) is 0 Å². The standard InChI is InChI=1S/C22H27N3O3/c1-16-6-3-9-20(14-16)28-13-11-23-22(27)17(2)24-18-7-4-8-19(15-18)25-12-5-10-21(25)26/h3-4,6-9,14-15,17,24H,5,10-13H2,1-2H3,(H,23,27). The van der Waals surface area contributed by atoms with E-state index in [0.29, 0.717) is 19.6 Å². The van der Waals surface area contributed by atoms with Gasteiger partial charge in [-0.05, 0) is 56.2 Å². The molecule has 0 saturated carbocycles. The van der Waals surface area contributed by atoms with Crippen molar-refractivity contribution in [1.29, 1.82) is 0 Å². The van der Waals surface area contributed by atoms with Crippen LogP contribution in [0.2, 0.25) is 0 Å². The van der Waals surface area contributed by atoms with E-state index in [0.717, 1.165) is 35.7 Å². The Hall–Kier alpha value is -3.02. The molecule has 1 aliphatic rings. The molecule has 0 aromatic heterocycles. The third-order valence-electron chi connectivity index (χ3n) is 4.67. The summed E-state index contributed by atoms with van der Waals surface area (Å²) in [6.07, 6.45) is 1.49. The average Bonchev–Trinajstić information content (AvgIpc) is 3.11. The molecule has 1 atom stereocenters. The SMILES string of the molecule is Cc1cccc(OCCNC(=O)C(C)Nc2cccc(N3CCCC3=O)c2)c1. The normalized spacial score (nSPS) is 14.6. The fourth-order valence-corrected chi connectivity index (χ4v) is 3.20.